The van der Waals surface area contributed by atoms with Crippen LogP contribution in [0.1, 0.15) is 65.7 Å². The molecule has 2 aliphatic heterocycles. The number of hydrogen-bond acceptors (Lipinski definition) is 8. The summed E-state index contributed by atoms with van der Waals surface area (Å²) < 4.78 is 82.0. The third-order valence-corrected chi connectivity index (χ3v) is 14.8. The summed E-state index contributed by atoms with van der Waals surface area (Å²) in [6, 6.07) is 11.1. The molecule has 0 spiro atoms. The van der Waals surface area contributed by atoms with Crippen LogP contribution in [0.25, 0.3) is 0 Å². The lowest BCUT2D eigenvalue weighted by molar-refractivity contribution is 0.178. The minimum atomic E-state index is -3.91. The van der Waals surface area contributed by atoms with Gasteiger partial charge < -0.3 is 19.4 Å². The van der Waals surface area contributed by atoms with Crippen molar-refractivity contribution in [2.75, 3.05) is 89.9 Å². The SMILES string of the molecule is COc1cc(F)cc(N2[C@H](C)CN(S(=O)(=O)N3CCCN(CC4CCCCC4)CCCN(S(=O)(=O)c4ccc(N(C)C)cc4)C[C@H](C)C3)C[C@@H]2C)c1. The Morgan fingerprint density at radius 1 is 0.750 bits per heavy atom. The molecule has 0 bridgehead atoms. The number of ether oxygens (including phenoxy) is 1. The van der Waals surface area contributed by atoms with Gasteiger partial charge in [0, 0.05) is 95.5 Å². The van der Waals surface area contributed by atoms with Gasteiger partial charge in [-0.2, -0.15) is 21.3 Å². The highest BCUT2D eigenvalue weighted by Crippen LogP contribution is 2.31. The Kier molecular flexibility index (Phi) is 13.9. The van der Waals surface area contributed by atoms with Gasteiger partial charge in [-0.05, 0) is 94.8 Å². The zero-order chi connectivity index (χ0) is 37.6. The van der Waals surface area contributed by atoms with Gasteiger partial charge in [-0.1, -0.05) is 26.2 Å². The number of piperazine rings is 1. The van der Waals surface area contributed by atoms with Crippen molar-refractivity contribution in [2.24, 2.45) is 11.8 Å². The van der Waals surface area contributed by atoms with E-state index in [1.165, 1.54) is 51.3 Å². The van der Waals surface area contributed by atoms with Crippen LogP contribution in [0.15, 0.2) is 47.4 Å². The number of sulfonamides is 1. The molecule has 1 saturated carbocycles. The molecule has 2 saturated heterocycles. The molecule has 5 rings (SSSR count). The maximum atomic E-state index is 14.6. The maximum absolute atomic E-state index is 14.6. The van der Waals surface area contributed by atoms with E-state index in [-0.39, 0.29) is 49.1 Å². The molecule has 0 radical (unpaired) electrons. The molecule has 0 N–H and O–H groups in total. The minimum absolute atomic E-state index is 0.209. The Hall–Kier alpha value is -2.49. The standard InChI is InChI=1S/C38H61FN6O5S2/c1-30-25-42(51(46,47)38-16-14-35(15-17-38)40(4)5)20-10-18-41(29-33-12-8-7-9-13-33)19-11-21-43(26-30)52(48,49)44-27-31(2)45(32(3)28-44)36-22-34(39)23-37(24-36)50-6/h14-17,22-24,30-33H,7-13,18-21,25-29H2,1-6H3/t30-,31-,32+/m0/s1. The van der Waals surface area contributed by atoms with E-state index in [1.807, 2.05) is 51.9 Å². The number of rotatable bonds is 9. The third-order valence-electron chi connectivity index (χ3n) is 11.0. The predicted octanol–water partition coefficient (Wildman–Crippen LogP) is 5.35. The van der Waals surface area contributed by atoms with E-state index in [4.69, 9.17) is 4.74 Å². The second kappa shape index (κ2) is 17.8. The van der Waals surface area contributed by atoms with Gasteiger partial charge in [0.1, 0.15) is 11.6 Å². The van der Waals surface area contributed by atoms with Crippen LogP contribution in [-0.4, -0.2) is 127 Å². The monoisotopic (exact) mass is 764 g/mol. The highest BCUT2D eigenvalue weighted by molar-refractivity contribution is 7.89. The van der Waals surface area contributed by atoms with Crippen molar-refractivity contribution < 1.29 is 26.0 Å². The van der Waals surface area contributed by atoms with Gasteiger partial charge in [-0.25, -0.2) is 12.8 Å². The molecule has 14 heteroatoms. The molecule has 0 unspecified atom stereocenters. The summed E-state index contributed by atoms with van der Waals surface area (Å²) in [6.45, 7) is 10.0. The Bertz CT molecular complexity index is 1660. The lowest BCUT2D eigenvalue weighted by Crippen LogP contribution is -2.61. The van der Waals surface area contributed by atoms with E-state index in [0.717, 1.165) is 25.3 Å². The lowest BCUT2D eigenvalue weighted by Gasteiger charge is -2.46. The van der Waals surface area contributed by atoms with Crippen molar-refractivity contribution in [3.63, 3.8) is 0 Å². The summed E-state index contributed by atoms with van der Waals surface area (Å²) in [6.07, 6.45) is 7.62. The molecule has 11 nitrogen and oxygen atoms in total. The van der Waals surface area contributed by atoms with Gasteiger partial charge >= 0.3 is 0 Å². The average Bonchev–Trinajstić information content (AvgIpc) is 3.09. The van der Waals surface area contributed by atoms with Crippen molar-refractivity contribution in [1.29, 1.82) is 0 Å². The van der Waals surface area contributed by atoms with Crippen LogP contribution in [0.2, 0.25) is 0 Å². The number of halogens is 1. The van der Waals surface area contributed by atoms with Crippen molar-refractivity contribution >= 4 is 31.6 Å². The van der Waals surface area contributed by atoms with Crippen molar-refractivity contribution in [3.05, 3.63) is 48.3 Å². The number of methoxy groups -OCH3 is 1. The zero-order valence-electron chi connectivity index (χ0n) is 32.1. The van der Waals surface area contributed by atoms with Gasteiger partial charge in [0.25, 0.3) is 10.2 Å². The molecule has 0 aromatic heterocycles. The molecule has 52 heavy (non-hydrogen) atoms. The molecule has 0 amide bonds. The van der Waals surface area contributed by atoms with Crippen LogP contribution < -0.4 is 14.5 Å². The first kappa shape index (κ1) is 40.7. The highest BCUT2D eigenvalue weighted by Gasteiger charge is 2.39. The minimum Gasteiger partial charge on any atom is -0.497 e. The van der Waals surface area contributed by atoms with Crippen LogP contribution in [0.4, 0.5) is 15.8 Å². The average molecular weight is 765 g/mol. The van der Waals surface area contributed by atoms with Gasteiger partial charge in [0.05, 0.1) is 12.0 Å². The Balaban J connectivity index is 1.38. The molecule has 1 aliphatic carbocycles. The van der Waals surface area contributed by atoms with E-state index in [1.54, 1.807) is 31.1 Å². The molecule has 2 aromatic rings. The topological polar surface area (TPSA) is 97.0 Å². The Morgan fingerprint density at radius 3 is 1.94 bits per heavy atom. The molecular formula is C38H61FN6O5S2. The summed E-state index contributed by atoms with van der Waals surface area (Å²) in [7, 11) is -2.39. The molecule has 2 aromatic carbocycles. The van der Waals surface area contributed by atoms with E-state index < -0.39 is 26.0 Å². The van der Waals surface area contributed by atoms with Crippen LogP contribution in [0, 0.1) is 17.7 Å². The molecule has 292 valence electrons. The summed E-state index contributed by atoms with van der Waals surface area (Å²) in [5.74, 6) is 0.376. The second-order valence-corrected chi connectivity index (χ2v) is 19.4. The second-order valence-electron chi connectivity index (χ2n) is 15.5. The van der Waals surface area contributed by atoms with Crippen LogP contribution in [0.3, 0.4) is 0 Å². The summed E-state index contributed by atoms with van der Waals surface area (Å²) in [4.78, 5) is 6.69. The fraction of sp³-hybridized carbons (Fsp3) is 0.684. The molecular weight excluding hydrogens is 704 g/mol. The van der Waals surface area contributed by atoms with E-state index in [9.17, 15) is 21.2 Å². The van der Waals surface area contributed by atoms with Crippen LogP contribution in [0.5, 0.6) is 5.75 Å². The lowest BCUT2D eigenvalue weighted by atomic mass is 9.89. The third kappa shape index (κ3) is 9.97. The van der Waals surface area contributed by atoms with Crippen LogP contribution >= 0.6 is 0 Å². The molecule has 3 fully saturated rings. The fourth-order valence-corrected chi connectivity index (χ4v) is 11.9. The zero-order valence-corrected chi connectivity index (χ0v) is 33.7. The molecule has 3 aliphatic rings. The largest absolute Gasteiger partial charge is 0.497 e. The van der Waals surface area contributed by atoms with Crippen molar-refractivity contribution in [2.45, 2.75) is 82.7 Å². The number of hydrogen-bond donors (Lipinski definition) is 0. The van der Waals surface area contributed by atoms with Crippen LogP contribution in [-0.2, 0) is 20.2 Å². The van der Waals surface area contributed by atoms with Gasteiger partial charge in [-0.3, -0.25) is 0 Å². The fourth-order valence-electron chi connectivity index (χ4n) is 8.35. The normalized spacial score (nSPS) is 25.0. The first-order valence-electron chi connectivity index (χ1n) is 19.1. The summed E-state index contributed by atoms with van der Waals surface area (Å²) in [5.41, 5.74) is 1.57. The highest BCUT2D eigenvalue weighted by atomic mass is 32.2. The van der Waals surface area contributed by atoms with E-state index in [2.05, 4.69) is 9.80 Å². The van der Waals surface area contributed by atoms with Crippen molar-refractivity contribution in [3.8, 4) is 5.75 Å². The Morgan fingerprint density at radius 2 is 1.35 bits per heavy atom. The van der Waals surface area contributed by atoms with E-state index >= 15 is 0 Å². The maximum Gasteiger partial charge on any atom is 0.282 e. The predicted molar refractivity (Wildman–Crippen MR) is 207 cm³/mol. The first-order valence-corrected chi connectivity index (χ1v) is 21.9. The quantitative estimate of drug-likeness (QED) is 0.338. The number of benzene rings is 2. The summed E-state index contributed by atoms with van der Waals surface area (Å²) in [5, 5.41) is 0. The smallest absolute Gasteiger partial charge is 0.282 e. The molecule has 3 atom stereocenters. The summed E-state index contributed by atoms with van der Waals surface area (Å²) >= 11 is 0. The number of anilines is 2. The van der Waals surface area contributed by atoms with Gasteiger partial charge in [0.2, 0.25) is 10.0 Å². The van der Waals surface area contributed by atoms with Gasteiger partial charge in [-0.15, -0.1) is 0 Å². The van der Waals surface area contributed by atoms with Crippen molar-refractivity contribution in [1.82, 2.24) is 17.8 Å². The van der Waals surface area contributed by atoms with E-state index in [0.29, 0.717) is 43.3 Å². The first-order chi connectivity index (χ1) is 24.7. The number of nitrogens with zero attached hydrogens (tertiary/aromatic N) is 6. The molecule has 2 heterocycles. The van der Waals surface area contributed by atoms with Gasteiger partial charge in [0.15, 0.2) is 0 Å². The Labute approximate surface area is 312 Å².